The van der Waals surface area contributed by atoms with Gasteiger partial charge < -0.3 is 4.74 Å². The van der Waals surface area contributed by atoms with Crippen molar-refractivity contribution in [1.82, 2.24) is 0 Å². The van der Waals surface area contributed by atoms with Gasteiger partial charge in [0.25, 0.3) is 0 Å². The first-order valence-corrected chi connectivity index (χ1v) is 7.32. The quantitative estimate of drug-likeness (QED) is 0.730. The van der Waals surface area contributed by atoms with E-state index in [1.807, 2.05) is 6.07 Å². The largest absolute Gasteiger partial charge is 0.497 e. The molecule has 0 aliphatic heterocycles. The number of rotatable bonds is 3. The van der Waals surface area contributed by atoms with Gasteiger partial charge in [0.05, 0.1) is 7.11 Å². The molecule has 1 fully saturated rings. The maximum absolute atomic E-state index is 5.25. The summed E-state index contributed by atoms with van der Waals surface area (Å²) in [6, 6.07) is 12.9. The van der Waals surface area contributed by atoms with E-state index in [-0.39, 0.29) is 0 Å². The smallest absolute Gasteiger partial charge is 0.119 e. The Bertz CT molecular complexity index is 578. The van der Waals surface area contributed by atoms with E-state index in [0.717, 1.165) is 17.6 Å². The summed E-state index contributed by atoms with van der Waals surface area (Å²) in [5, 5.41) is 2.52. The monoisotopic (exact) mass is 304 g/mol. The summed E-state index contributed by atoms with van der Waals surface area (Å²) in [4.78, 5) is 0.499. The lowest BCUT2D eigenvalue weighted by atomic mass is 10.0. The lowest BCUT2D eigenvalue weighted by Crippen LogP contribution is -1.93. The van der Waals surface area contributed by atoms with Gasteiger partial charge in [0.15, 0.2) is 0 Å². The highest BCUT2D eigenvalue weighted by Gasteiger charge is 2.38. The van der Waals surface area contributed by atoms with E-state index in [2.05, 4.69) is 53.2 Å². The molecule has 0 bridgehead atoms. The molecule has 94 valence electrons. The predicted molar refractivity (Wildman–Crippen MR) is 79.4 cm³/mol. The Morgan fingerprint density at radius 1 is 1.17 bits per heavy atom. The zero-order chi connectivity index (χ0) is 12.7. The number of methoxy groups -OCH3 is 1. The minimum absolute atomic E-state index is 0.499. The molecule has 0 saturated heterocycles. The maximum atomic E-state index is 5.25. The van der Waals surface area contributed by atoms with Gasteiger partial charge in [-0.2, -0.15) is 0 Å². The number of hydrogen-bond donors (Lipinski definition) is 0. The van der Waals surface area contributed by atoms with Crippen LogP contribution in [0.25, 0.3) is 10.8 Å². The Balaban J connectivity index is 1.96. The number of benzene rings is 2. The van der Waals surface area contributed by atoms with Crippen LogP contribution >= 0.6 is 15.9 Å². The van der Waals surface area contributed by atoms with Crippen molar-refractivity contribution < 1.29 is 4.74 Å². The first-order chi connectivity index (χ1) is 8.69. The molecule has 2 heteroatoms. The van der Waals surface area contributed by atoms with Crippen LogP contribution in [0, 0.1) is 11.8 Å². The van der Waals surface area contributed by atoms with Crippen molar-refractivity contribution in [3.05, 3.63) is 42.0 Å². The second-order valence-electron chi connectivity index (χ2n) is 5.25. The minimum Gasteiger partial charge on any atom is -0.497 e. The van der Waals surface area contributed by atoms with Crippen LogP contribution in [0.1, 0.15) is 23.7 Å². The van der Waals surface area contributed by atoms with Crippen LogP contribution in [0.5, 0.6) is 5.75 Å². The fraction of sp³-hybridized carbons (Fsp3) is 0.375. The van der Waals surface area contributed by atoms with Crippen LogP contribution in [0.15, 0.2) is 36.4 Å². The van der Waals surface area contributed by atoms with E-state index < -0.39 is 0 Å². The topological polar surface area (TPSA) is 9.23 Å². The van der Waals surface area contributed by atoms with Crippen LogP contribution in [0.4, 0.5) is 0 Å². The molecule has 1 aliphatic rings. The van der Waals surface area contributed by atoms with Crippen LogP contribution < -0.4 is 4.74 Å². The van der Waals surface area contributed by atoms with Crippen molar-refractivity contribution >= 4 is 26.7 Å². The molecular formula is C16H17BrO. The summed E-state index contributed by atoms with van der Waals surface area (Å²) in [6.07, 6.45) is 1.34. The molecule has 0 spiro atoms. The number of hydrogen-bond acceptors (Lipinski definition) is 1. The molecule has 2 aromatic carbocycles. The third-order valence-corrected chi connectivity index (χ3v) is 5.15. The molecule has 0 N–H and O–H groups in total. The molecule has 3 atom stereocenters. The van der Waals surface area contributed by atoms with Crippen molar-refractivity contribution in [3.8, 4) is 5.75 Å². The molecule has 2 aromatic rings. The van der Waals surface area contributed by atoms with Gasteiger partial charge in [-0.05, 0) is 46.7 Å². The fourth-order valence-electron chi connectivity index (χ4n) is 2.55. The summed E-state index contributed by atoms with van der Waals surface area (Å²) in [6.45, 7) is 2.32. The predicted octanol–water partition coefficient (Wildman–Crippen LogP) is 4.94. The molecule has 1 aliphatic carbocycles. The molecule has 3 rings (SSSR count). The lowest BCUT2D eigenvalue weighted by Gasteiger charge is -2.11. The lowest BCUT2D eigenvalue weighted by molar-refractivity contribution is 0.415. The van der Waals surface area contributed by atoms with Gasteiger partial charge in [0.2, 0.25) is 0 Å². The first kappa shape index (κ1) is 12.0. The molecule has 0 heterocycles. The second-order valence-corrected chi connectivity index (χ2v) is 6.24. The molecular weight excluding hydrogens is 288 g/mol. The third-order valence-electron chi connectivity index (χ3n) is 3.94. The zero-order valence-corrected chi connectivity index (χ0v) is 12.3. The van der Waals surface area contributed by atoms with E-state index >= 15 is 0 Å². The van der Waals surface area contributed by atoms with Gasteiger partial charge in [-0.1, -0.05) is 47.1 Å². The number of alkyl halides is 1. The van der Waals surface area contributed by atoms with Gasteiger partial charge in [0.1, 0.15) is 5.75 Å². The average molecular weight is 305 g/mol. The number of halogens is 1. The number of fused-ring (bicyclic) bond motifs is 1. The van der Waals surface area contributed by atoms with E-state index in [1.54, 1.807) is 7.11 Å². The normalized spacial score (nSPS) is 23.9. The van der Waals surface area contributed by atoms with E-state index in [0.29, 0.717) is 4.83 Å². The minimum atomic E-state index is 0.499. The van der Waals surface area contributed by atoms with Gasteiger partial charge in [-0.25, -0.2) is 0 Å². The summed E-state index contributed by atoms with van der Waals surface area (Å²) < 4.78 is 5.25. The Morgan fingerprint density at radius 3 is 2.50 bits per heavy atom. The van der Waals surface area contributed by atoms with Crippen LogP contribution in [0.3, 0.4) is 0 Å². The van der Waals surface area contributed by atoms with Crippen molar-refractivity contribution in [1.29, 1.82) is 0 Å². The van der Waals surface area contributed by atoms with Gasteiger partial charge in [-0.3, -0.25) is 0 Å². The highest BCUT2D eigenvalue weighted by atomic mass is 79.9. The second kappa shape index (κ2) is 4.58. The van der Waals surface area contributed by atoms with Crippen molar-refractivity contribution in [2.75, 3.05) is 7.11 Å². The molecule has 0 aromatic heterocycles. The molecule has 3 unspecified atom stereocenters. The molecule has 1 nitrogen and oxygen atoms in total. The Labute approximate surface area is 116 Å². The van der Waals surface area contributed by atoms with Gasteiger partial charge >= 0.3 is 0 Å². The Morgan fingerprint density at radius 2 is 1.83 bits per heavy atom. The van der Waals surface area contributed by atoms with Gasteiger partial charge in [-0.15, -0.1) is 0 Å². The van der Waals surface area contributed by atoms with E-state index in [9.17, 15) is 0 Å². The fourth-order valence-corrected chi connectivity index (χ4v) is 3.57. The summed E-state index contributed by atoms with van der Waals surface area (Å²) in [5.74, 6) is 2.59. The molecule has 0 amide bonds. The van der Waals surface area contributed by atoms with Crippen LogP contribution in [0.2, 0.25) is 0 Å². The van der Waals surface area contributed by atoms with E-state index in [1.165, 1.54) is 22.8 Å². The van der Waals surface area contributed by atoms with Crippen molar-refractivity contribution in [2.45, 2.75) is 18.2 Å². The zero-order valence-electron chi connectivity index (χ0n) is 10.7. The first-order valence-electron chi connectivity index (χ1n) is 6.41. The van der Waals surface area contributed by atoms with Crippen LogP contribution in [-0.2, 0) is 0 Å². The standard InChI is InChI=1S/C16H17BrO/c1-10-7-15(10)16(17)13-4-3-12-9-14(18-2)6-5-11(12)8-13/h3-6,8-10,15-16H,7H2,1-2H3. The Hall–Kier alpha value is -1.02. The summed E-state index contributed by atoms with van der Waals surface area (Å²) in [5.41, 5.74) is 1.39. The SMILES string of the molecule is COc1ccc2cc(C(Br)C3CC3C)ccc2c1. The van der Waals surface area contributed by atoms with Gasteiger partial charge in [0, 0.05) is 4.83 Å². The van der Waals surface area contributed by atoms with Crippen molar-refractivity contribution in [2.24, 2.45) is 11.8 Å². The third kappa shape index (κ3) is 2.14. The molecule has 0 radical (unpaired) electrons. The highest BCUT2D eigenvalue weighted by molar-refractivity contribution is 9.09. The Kier molecular flexibility index (Phi) is 3.06. The average Bonchev–Trinajstić information content (AvgIpc) is 3.13. The van der Waals surface area contributed by atoms with E-state index in [4.69, 9.17) is 4.74 Å². The summed E-state index contributed by atoms with van der Waals surface area (Å²) >= 11 is 3.84. The number of ether oxygens (including phenoxy) is 1. The molecule has 1 saturated carbocycles. The maximum Gasteiger partial charge on any atom is 0.119 e. The highest BCUT2D eigenvalue weighted by Crippen LogP contribution is 2.51. The molecule has 18 heavy (non-hydrogen) atoms. The summed E-state index contributed by atoms with van der Waals surface area (Å²) in [7, 11) is 1.71. The van der Waals surface area contributed by atoms with Crippen molar-refractivity contribution in [3.63, 3.8) is 0 Å². The van der Waals surface area contributed by atoms with Crippen LogP contribution in [-0.4, -0.2) is 7.11 Å².